The Morgan fingerprint density at radius 2 is 2.00 bits per heavy atom. The van der Waals surface area contributed by atoms with Crippen molar-refractivity contribution in [3.05, 3.63) is 62.1 Å². The molecular formula is C10H6ClFN2O2. The van der Waals surface area contributed by atoms with E-state index in [1.165, 1.54) is 18.3 Å². The van der Waals surface area contributed by atoms with Gasteiger partial charge in [0.05, 0.1) is 5.69 Å². The Morgan fingerprint density at radius 3 is 2.62 bits per heavy atom. The molecule has 2 rings (SSSR count). The monoisotopic (exact) mass is 240 g/mol. The first-order valence-corrected chi connectivity index (χ1v) is 4.73. The lowest BCUT2D eigenvalue weighted by Crippen LogP contribution is -2.27. The third-order valence-electron chi connectivity index (χ3n) is 1.99. The van der Waals surface area contributed by atoms with Crippen molar-refractivity contribution >= 4 is 11.6 Å². The van der Waals surface area contributed by atoms with Crippen molar-refractivity contribution in [2.45, 2.75) is 0 Å². The lowest BCUT2D eigenvalue weighted by Gasteiger charge is -2.05. The summed E-state index contributed by atoms with van der Waals surface area (Å²) < 4.78 is 14.5. The Labute approximate surface area is 93.9 Å². The van der Waals surface area contributed by atoms with E-state index in [9.17, 15) is 14.0 Å². The van der Waals surface area contributed by atoms with Gasteiger partial charge in [0.2, 0.25) is 0 Å². The number of benzene rings is 1. The summed E-state index contributed by atoms with van der Waals surface area (Å²) in [6.45, 7) is 0. The summed E-state index contributed by atoms with van der Waals surface area (Å²) in [5.74, 6) is -0.637. The molecule has 1 N–H and O–H groups in total. The molecule has 4 nitrogen and oxygen atoms in total. The molecule has 0 bridgehead atoms. The van der Waals surface area contributed by atoms with Crippen LogP contribution in [0.15, 0.2) is 40.1 Å². The first-order valence-electron chi connectivity index (χ1n) is 4.35. The van der Waals surface area contributed by atoms with Gasteiger partial charge in [0, 0.05) is 17.3 Å². The molecule has 0 radical (unpaired) electrons. The van der Waals surface area contributed by atoms with E-state index in [2.05, 4.69) is 0 Å². The van der Waals surface area contributed by atoms with Crippen LogP contribution in [0.1, 0.15) is 0 Å². The van der Waals surface area contributed by atoms with E-state index in [-0.39, 0.29) is 10.7 Å². The highest BCUT2D eigenvalue weighted by Crippen LogP contribution is 2.16. The second kappa shape index (κ2) is 3.94. The van der Waals surface area contributed by atoms with Crippen LogP contribution in [0.2, 0.25) is 5.02 Å². The molecule has 1 aromatic heterocycles. The van der Waals surface area contributed by atoms with Gasteiger partial charge in [-0.3, -0.25) is 14.3 Å². The summed E-state index contributed by atoms with van der Waals surface area (Å²) in [7, 11) is 0. The molecule has 0 aliphatic carbocycles. The molecule has 0 aliphatic heterocycles. The number of nitrogens with one attached hydrogen (secondary N) is 1. The summed E-state index contributed by atoms with van der Waals surface area (Å²) in [6, 6.07) is 5.04. The zero-order valence-corrected chi connectivity index (χ0v) is 8.66. The van der Waals surface area contributed by atoms with Crippen LogP contribution < -0.4 is 11.2 Å². The van der Waals surface area contributed by atoms with Gasteiger partial charge in [0.15, 0.2) is 0 Å². The second-order valence-corrected chi connectivity index (χ2v) is 3.51. The lowest BCUT2D eigenvalue weighted by molar-refractivity contribution is 0.614. The summed E-state index contributed by atoms with van der Waals surface area (Å²) in [6.07, 6.45) is 1.20. The van der Waals surface area contributed by atoms with Gasteiger partial charge in [-0.25, -0.2) is 9.18 Å². The zero-order valence-electron chi connectivity index (χ0n) is 7.91. The van der Waals surface area contributed by atoms with Gasteiger partial charge in [0.25, 0.3) is 5.56 Å². The summed E-state index contributed by atoms with van der Waals surface area (Å²) in [5.41, 5.74) is -1.20. The molecule has 0 saturated heterocycles. The van der Waals surface area contributed by atoms with Gasteiger partial charge in [-0.15, -0.1) is 0 Å². The van der Waals surface area contributed by atoms with E-state index in [1.54, 1.807) is 0 Å². The number of nitrogens with zero attached hydrogens (tertiary/aromatic N) is 1. The Kier molecular flexibility index (Phi) is 2.62. The maximum atomic E-state index is 13.5. The minimum absolute atomic E-state index is 0.0330. The number of halogens is 2. The van der Waals surface area contributed by atoms with Crippen LogP contribution in [0.4, 0.5) is 4.39 Å². The molecule has 0 unspecified atom stereocenters. The molecule has 0 saturated carbocycles. The normalized spacial score (nSPS) is 10.4. The molecular weight excluding hydrogens is 235 g/mol. The molecule has 2 aromatic rings. The SMILES string of the molecule is O=c1ccn(-c2ccc(Cl)cc2F)c(=O)[nH]1. The van der Waals surface area contributed by atoms with Crippen molar-refractivity contribution in [1.82, 2.24) is 9.55 Å². The van der Waals surface area contributed by atoms with Crippen LogP contribution in [0, 0.1) is 5.82 Å². The van der Waals surface area contributed by atoms with Crippen molar-refractivity contribution in [1.29, 1.82) is 0 Å². The van der Waals surface area contributed by atoms with E-state index < -0.39 is 17.1 Å². The predicted molar refractivity (Wildman–Crippen MR) is 57.6 cm³/mol. The molecule has 0 amide bonds. The van der Waals surface area contributed by atoms with Crippen molar-refractivity contribution in [3.8, 4) is 5.69 Å². The minimum Gasteiger partial charge on any atom is -0.274 e. The standard InChI is InChI=1S/C10H6ClFN2O2/c11-6-1-2-8(7(12)5-6)14-4-3-9(15)13-10(14)16/h1-5H,(H,13,15,16). The number of aromatic amines is 1. The number of hydrogen-bond donors (Lipinski definition) is 1. The predicted octanol–water partition coefficient (Wildman–Crippen LogP) is 1.32. The highest BCUT2D eigenvalue weighted by Gasteiger charge is 2.06. The highest BCUT2D eigenvalue weighted by molar-refractivity contribution is 6.30. The van der Waals surface area contributed by atoms with Gasteiger partial charge in [-0.1, -0.05) is 11.6 Å². The minimum atomic E-state index is -0.700. The van der Waals surface area contributed by atoms with Crippen LogP contribution >= 0.6 is 11.6 Å². The lowest BCUT2D eigenvalue weighted by atomic mass is 10.3. The Balaban J connectivity index is 2.68. The van der Waals surface area contributed by atoms with E-state index in [0.29, 0.717) is 0 Å². The molecule has 82 valence electrons. The highest BCUT2D eigenvalue weighted by atomic mass is 35.5. The third kappa shape index (κ3) is 1.90. The fraction of sp³-hybridized carbons (Fsp3) is 0. The molecule has 1 heterocycles. The summed E-state index contributed by atoms with van der Waals surface area (Å²) in [4.78, 5) is 24.2. The first-order chi connectivity index (χ1) is 7.58. The number of rotatable bonds is 1. The van der Waals surface area contributed by atoms with Crippen LogP contribution in [0.5, 0.6) is 0 Å². The van der Waals surface area contributed by atoms with Crippen molar-refractivity contribution in [2.75, 3.05) is 0 Å². The van der Waals surface area contributed by atoms with Crippen LogP contribution in [0.3, 0.4) is 0 Å². The zero-order chi connectivity index (χ0) is 11.7. The van der Waals surface area contributed by atoms with Gasteiger partial charge in [-0.05, 0) is 18.2 Å². The molecule has 1 aromatic carbocycles. The number of H-pyrrole nitrogens is 1. The van der Waals surface area contributed by atoms with Crippen LogP contribution in [0.25, 0.3) is 5.69 Å². The number of aromatic nitrogens is 2. The smallest absolute Gasteiger partial charge is 0.274 e. The maximum Gasteiger partial charge on any atom is 0.333 e. The molecule has 6 heteroatoms. The van der Waals surface area contributed by atoms with E-state index >= 15 is 0 Å². The van der Waals surface area contributed by atoms with Gasteiger partial charge in [0.1, 0.15) is 5.82 Å². The molecule has 0 atom stereocenters. The topological polar surface area (TPSA) is 54.9 Å². The summed E-state index contributed by atoms with van der Waals surface area (Å²) in [5, 5.41) is 0.235. The quantitative estimate of drug-likeness (QED) is 0.817. The molecule has 16 heavy (non-hydrogen) atoms. The summed E-state index contributed by atoms with van der Waals surface area (Å²) >= 11 is 5.58. The molecule has 0 spiro atoms. The van der Waals surface area contributed by atoms with Crippen molar-refractivity contribution in [3.63, 3.8) is 0 Å². The van der Waals surface area contributed by atoms with Gasteiger partial charge in [-0.2, -0.15) is 0 Å². The fourth-order valence-electron chi connectivity index (χ4n) is 1.28. The largest absolute Gasteiger partial charge is 0.333 e. The van der Waals surface area contributed by atoms with Gasteiger partial charge >= 0.3 is 5.69 Å². The average molecular weight is 241 g/mol. The van der Waals surface area contributed by atoms with Crippen LogP contribution in [-0.4, -0.2) is 9.55 Å². The second-order valence-electron chi connectivity index (χ2n) is 3.08. The van der Waals surface area contributed by atoms with Crippen LogP contribution in [-0.2, 0) is 0 Å². The van der Waals surface area contributed by atoms with Crippen molar-refractivity contribution < 1.29 is 4.39 Å². The third-order valence-corrected chi connectivity index (χ3v) is 2.23. The Hall–Kier alpha value is -1.88. The molecule has 0 aliphatic rings. The Morgan fingerprint density at radius 1 is 1.25 bits per heavy atom. The van der Waals surface area contributed by atoms with Crippen molar-refractivity contribution in [2.24, 2.45) is 0 Å². The maximum absolute atomic E-state index is 13.5. The molecule has 0 fully saturated rings. The fourth-order valence-corrected chi connectivity index (χ4v) is 1.44. The Bertz CT molecular complexity index is 648. The number of hydrogen-bond acceptors (Lipinski definition) is 2. The average Bonchev–Trinajstić information content (AvgIpc) is 2.19. The van der Waals surface area contributed by atoms with E-state index in [1.807, 2.05) is 4.98 Å². The van der Waals surface area contributed by atoms with E-state index in [4.69, 9.17) is 11.6 Å². The van der Waals surface area contributed by atoms with Gasteiger partial charge < -0.3 is 0 Å². The van der Waals surface area contributed by atoms with E-state index in [0.717, 1.165) is 16.7 Å². The first kappa shape index (κ1) is 10.6.